The van der Waals surface area contributed by atoms with Crippen molar-refractivity contribution in [3.05, 3.63) is 52.3 Å². The van der Waals surface area contributed by atoms with Crippen LogP contribution < -0.4 is 11.1 Å². The Hall–Kier alpha value is -2.53. The molecule has 2 rings (SSSR count). The van der Waals surface area contributed by atoms with Crippen molar-refractivity contribution < 1.29 is 22.7 Å². The molecule has 0 saturated heterocycles. The van der Waals surface area contributed by atoms with Gasteiger partial charge in [-0.15, -0.1) is 0 Å². The first-order chi connectivity index (χ1) is 12.9. The summed E-state index contributed by atoms with van der Waals surface area (Å²) in [6.45, 7) is -1.21. The van der Waals surface area contributed by atoms with Gasteiger partial charge in [0.15, 0.2) is 0 Å². The molecule has 1 heterocycles. The van der Waals surface area contributed by atoms with Crippen LogP contribution in [0.2, 0.25) is 0 Å². The summed E-state index contributed by atoms with van der Waals surface area (Å²) >= 11 is 3.14. The number of carbonyl (C=O) groups is 1. The highest BCUT2D eigenvalue weighted by Crippen LogP contribution is 2.25. The van der Waals surface area contributed by atoms with Crippen LogP contribution in [0, 0.1) is 5.82 Å². The largest absolute Gasteiger partial charge is 0.385 e. The highest BCUT2D eigenvalue weighted by molar-refractivity contribution is 9.10. The van der Waals surface area contributed by atoms with Crippen LogP contribution in [0.3, 0.4) is 0 Å². The highest BCUT2D eigenvalue weighted by Gasteiger charge is 2.17. The van der Waals surface area contributed by atoms with Crippen LogP contribution in [0.25, 0.3) is 0 Å². The van der Waals surface area contributed by atoms with E-state index in [2.05, 4.69) is 36.2 Å². The van der Waals surface area contributed by atoms with E-state index < -0.39 is 30.3 Å². The second kappa shape index (κ2) is 9.97. The zero-order valence-corrected chi connectivity index (χ0v) is 15.4. The minimum absolute atomic E-state index is 0.117. The van der Waals surface area contributed by atoms with Gasteiger partial charge in [-0.1, -0.05) is 0 Å². The number of alkyl halides is 2. The Kier molecular flexibility index (Phi) is 7.67. The lowest BCUT2D eigenvalue weighted by Gasteiger charge is -2.10. The van der Waals surface area contributed by atoms with Crippen LogP contribution in [0.1, 0.15) is 22.5 Å². The Bertz CT molecular complexity index is 820. The predicted molar refractivity (Wildman–Crippen MR) is 96.4 cm³/mol. The van der Waals surface area contributed by atoms with E-state index in [0.29, 0.717) is 4.47 Å². The lowest BCUT2D eigenvalue weighted by molar-refractivity contribution is 0.101. The Morgan fingerprint density at radius 1 is 1.37 bits per heavy atom. The number of benzene rings is 1. The summed E-state index contributed by atoms with van der Waals surface area (Å²) in [6.07, 6.45) is 0.649. The predicted octanol–water partition coefficient (Wildman–Crippen LogP) is 2.94. The molecule has 27 heavy (non-hydrogen) atoms. The van der Waals surface area contributed by atoms with E-state index in [1.807, 2.05) is 0 Å². The van der Waals surface area contributed by atoms with Crippen molar-refractivity contribution in [1.29, 1.82) is 0 Å². The van der Waals surface area contributed by atoms with Crippen molar-refractivity contribution in [1.82, 2.24) is 9.97 Å². The summed E-state index contributed by atoms with van der Waals surface area (Å²) in [5.41, 5.74) is 5.15. The lowest BCUT2D eigenvalue weighted by Crippen LogP contribution is -2.21. The van der Waals surface area contributed by atoms with Gasteiger partial charge in [0.05, 0.1) is 11.1 Å². The Morgan fingerprint density at radius 2 is 2.07 bits per heavy atom. The summed E-state index contributed by atoms with van der Waals surface area (Å²) in [5, 5.41) is 2.44. The number of aromatic nitrogens is 2. The topological polar surface area (TPSA) is 102 Å². The number of hydrogen-bond acceptors (Lipinski definition) is 5. The molecule has 1 amide bonds. The van der Waals surface area contributed by atoms with Gasteiger partial charge in [0.1, 0.15) is 24.9 Å². The molecule has 7 nitrogen and oxygen atoms in total. The van der Waals surface area contributed by atoms with Crippen LogP contribution in [-0.2, 0) is 4.74 Å². The van der Waals surface area contributed by atoms with Gasteiger partial charge < -0.3 is 15.8 Å². The van der Waals surface area contributed by atoms with E-state index in [-0.39, 0.29) is 30.6 Å². The number of nitrogens with one attached hydrogen (secondary N) is 1. The molecule has 3 N–H and O–H groups in total. The fourth-order valence-electron chi connectivity index (χ4n) is 1.90. The van der Waals surface area contributed by atoms with Crippen LogP contribution in [0.15, 0.2) is 40.1 Å². The number of carbonyl (C=O) groups excluding carboxylic acids is 1. The minimum Gasteiger partial charge on any atom is -0.385 e. The molecule has 1 aromatic carbocycles. The zero-order valence-electron chi connectivity index (χ0n) is 13.8. The molecule has 0 aliphatic heterocycles. The molecular weight excluding hydrogens is 431 g/mol. The number of halogens is 4. The van der Waals surface area contributed by atoms with E-state index in [0.717, 1.165) is 12.1 Å². The van der Waals surface area contributed by atoms with E-state index in [4.69, 9.17) is 10.5 Å². The molecule has 0 unspecified atom stereocenters. The molecule has 0 aliphatic carbocycles. The number of hydrogen-bond donors (Lipinski definition) is 2. The number of ether oxygens (including phenoxy) is 1. The quantitative estimate of drug-likeness (QED) is 0.281. The third kappa shape index (κ3) is 6.29. The maximum absolute atomic E-state index is 14.3. The molecule has 0 aliphatic rings. The summed E-state index contributed by atoms with van der Waals surface area (Å²) in [4.78, 5) is 23.2. The van der Waals surface area contributed by atoms with Gasteiger partial charge in [0.25, 0.3) is 5.91 Å². The molecule has 0 fully saturated rings. The fraction of sp³-hybridized carbons (Fsp3) is 0.250. The molecule has 0 bridgehead atoms. The number of rotatable bonds is 8. The zero-order chi connectivity index (χ0) is 19.8. The standard InChI is InChI=1S/C16H15BrF3N5O2/c17-9-6-22-15(23-7-9)16(26)24-10-1-2-12(19)11(5-10)14(20)25-13(21)8-27-4-3-18/h1-2,5-7,14H,3-4,8H2,(H2,21,25)(H,24,26)/t14-/m0/s1. The molecule has 11 heteroatoms. The molecule has 1 atom stereocenters. The van der Waals surface area contributed by atoms with E-state index in [1.165, 1.54) is 18.5 Å². The third-order valence-corrected chi connectivity index (χ3v) is 3.49. The van der Waals surface area contributed by atoms with Gasteiger partial charge in [-0.3, -0.25) is 4.79 Å². The number of nitrogens with zero attached hydrogens (tertiary/aromatic N) is 3. The van der Waals surface area contributed by atoms with Gasteiger partial charge in [-0.2, -0.15) is 0 Å². The molecule has 0 saturated carbocycles. The fourth-order valence-corrected chi connectivity index (χ4v) is 2.11. The first-order valence-corrected chi connectivity index (χ1v) is 8.38. The number of aliphatic imine (C=N–C) groups is 1. The molecule has 144 valence electrons. The average Bonchev–Trinajstić information content (AvgIpc) is 2.64. The number of amidine groups is 1. The van der Waals surface area contributed by atoms with Crippen molar-refractivity contribution >= 4 is 33.4 Å². The normalized spacial score (nSPS) is 12.7. The number of anilines is 1. The summed E-state index contributed by atoms with van der Waals surface area (Å²) < 4.78 is 45.5. The van der Waals surface area contributed by atoms with Gasteiger partial charge in [-0.25, -0.2) is 28.1 Å². The first kappa shape index (κ1) is 20.8. The van der Waals surface area contributed by atoms with E-state index in [9.17, 15) is 18.0 Å². The Balaban J connectivity index is 2.11. The van der Waals surface area contributed by atoms with Crippen molar-refractivity contribution in [2.24, 2.45) is 10.7 Å². The average molecular weight is 446 g/mol. The molecule has 1 aromatic heterocycles. The number of amides is 1. The maximum Gasteiger partial charge on any atom is 0.293 e. The van der Waals surface area contributed by atoms with Gasteiger partial charge in [-0.05, 0) is 34.1 Å². The van der Waals surface area contributed by atoms with Crippen LogP contribution in [0.4, 0.5) is 18.9 Å². The van der Waals surface area contributed by atoms with Crippen molar-refractivity contribution in [2.45, 2.75) is 6.30 Å². The summed E-state index contributed by atoms with van der Waals surface area (Å²) in [5.74, 6) is -1.90. The molecule has 0 radical (unpaired) electrons. The summed E-state index contributed by atoms with van der Waals surface area (Å²) in [7, 11) is 0. The SMILES string of the molecule is NC(COCCF)=N[C@H](F)c1cc(NC(=O)c2ncc(Br)cn2)ccc1F. The van der Waals surface area contributed by atoms with Gasteiger partial charge >= 0.3 is 0 Å². The number of nitrogens with two attached hydrogens (primary N) is 1. The van der Waals surface area contributed by atoms with Gasteiger partial charge in [0, 0.05) is 23.6 Å². The van der Waals surface area contributed by atoms with Crippen LogP contribution in [0.5, 0.6) is 0 Å². The first-order valence-electron chi connectivity index (χ1n) is 7.59. The molecule has 2 aromatic rings. The second-order valence-corrected chi connectivity index (χ2v) is 6.03. The molecule has 0 spiro atoms. The second-order valence-electron chi connectivity index (χ2n) is 5.11. The maximum atomic E-state index is 14.3. The van der Waals surface area contributed by atoms with Crippen molar-refractivity contribution in [3.8, 4) is 0 Å². The van der Waals surface area contributed by atoms with Gasteiger partial charge in [0.2, 0.25) is 12.1 Å². The van der Waals surface area contributed by atoms with Crippen LogP contribution in [-0.4, -0.2) is 41.6 Å². The smallest absolute Gasteiger partial charge is 0.293 e. The van der Waals surface area contributed by atoms with E-state index in [1.54, 1.807) is 0 Å². The minimum atomic E-state index is -2.13. The van der Waals surface area contributed by atoms with E-state index >= 15 is 0 Å². The van der Waals surface area contributed by atoms with Crippen molar-refractivity contribution in [2.75, 3.05) is 25.2 Å². The highest BCUT2D eigenvalue weighted by atomic mass is 79.9. The Morgan fingerprint density at radius 3 is 2.74 bits per heavy atom. The lowest BCUT2D eigenvalue weighted by atomic mass is 10.1. The monoisotopic (exact) mass is 445 g/mol. The van der Waals surface area contributed by atoms with Crippen LogP contribution >= 0.6 is 15.9 Å². The third-order valence-electron chi connectivity index (χ3n) is 3.08. The summed E-state index contributed by atoms with van der Waals surface area (Å²) in [6, 6.07) is 3.31. The molecular formula is C16H15BrF3N5O2. The van der Waals surface area contributed by atoms with Crippen molar-refractivity contribution in [3.63, 3.8) is 0 Å². The Labute approximate surface area is 161 Å².